The molecular weight excluding hydrogens is 413 g/mol. The third kappa shape index (κ3) is 3.91. The van der Waals surface area contributed by atoms with E-state index >= 15 is 0 Å². The van der Waals surface area contributed by atoms with Crippen LogP contribution >= 0.6 is 7.37 Å². The van der Waals surface area contributed by atoms with E-state index in [1.807, 2.05) is 62.3 Å². The Balaban J connectivity index is 1.86. The summed E-state index contributed by atoms with van der Waals surface area (Å²) in [7, 11) is 0.450. The fourth-order valence-corrected chi connectivity index (χ4v) is 5.93. The number of carbonyl (C=O) groups is 1. The molecule has 0 bridgehead atoms. The van der Waals surface area contributed by atoms with Gasteiger partial charge < -0.3 is 19.3 Å². The molecule has 1 aliphatic heterocycles. The quantitative estimate of drug-likeness (QED) is 0.498. The highest BCUT2D eigenvalue weighted by Crippen LogP contribution is 2.65. The molecule has 0 spiro atoms. The Kier molecular flexibility index (Phi) is 5.28. The van der Waals surface area contributed by atoms with Crippen LogP contribution in [0.3, 0.4) is 0 Å². The predicted octanol–water partition coefficient (Wildman–Crippen LogP) is 5.94. The Labute approximate surface area is 181 Å². The van der Waals surface area contributed by atoms with Crippen molar-refractivity contribution >= 4 is 19.0 Å². The number of carboxylic acids is 1. The van der Waals surface area contributed by atoms with Gasteiger partial charge >= 0.3 is 5.97 Å². The number of nitrogens with zero attached hydrogens (tertiary/aromatic N) is 1. The van der Waals surface area contributed by atoms with Crippen LogP contribution < -0.4 is 14.2 Å². The molecule has 4 rings (SSSR count). The van der Waals surface area contributed by atoms with Gasteiger partial charge in [0.15, 0.2) is 0 Å². The van der Waals surface area contributed by atoms with Crippen LogP contribution in [-0.4, -0.2) is 31.8 Å². The van der Waals surface area contributed by atoms with Crippen LogP contribution in [0.2, 0.25) is 0 Å². The van der Waals surface area contributed by atoms with Crippen LogP contribution in [-0.2, 0) is 4.57 Å². The average molecular weight is 437 g/mol. The van der Waals surface area contributed by atoms with Crippen molar-refractivity contribution in [3.63, 3.8) is 0 Å². The number of hydrogen-bond acceptors (Lipinski definition) is 5. The van der Waals surface area contributed by atoms with E-state index in [2.05, 4.69) is 0 Å². The number of rotatable bonds is 5. The van der Waals surface area contributed by atoms with E-state index in [0.29, 0.717) is 11.5 Å². The van der Waals surface area contributed by atoms with Crippen LogP contribution in [0, 0.1) is 6.92 Å². The molecule has 0 aromatic heterocycles. The summed E-state index contributed by atoms with van der Waals surface area (Å²) in [6.45, 7) is 3.52. The second kappa shape index (κ2) is 7.78. The fourth-order valence-electron chi connectivity index (χ4n) is 3.83. The van der Waals surface area contributed by atoms with Gasteiger partial charge in [0.25, 0.3) is 7.37 Å². The summed E-state index contributed by atoms with van der Waals surface area (Å²) >= 11 is 0. The number of aryl methyl sites for hydroxylation is 1. The van der Waals surface area contributed by atoms with Crippen molar-refractivity contribution in [3.05, 3.63) is 82.9 Å². The number of ether oxygens (including phenoxy) is 1. The van der Waals surface area contributed by atoms with Crippen LogP contribution in [0.25, 0.3) is 0 Å². The molecule has 0 amide bonds. The van der Waals surface area contributed by atoms with Gasteiger partial charge in [-0.25, -0.2) is 4.79 Å². The van der Waals surface area contributed by atoms with Gasteiger partial charge in [0.05, 0.1) is 0 Å². The molecule has 7 heteroatoms. The van der Waals surface area contributed by atoms with Crippen molar-refractivity contribution in [3.8, 4) is 17.2 Å². The smallest absolute Gasteiger partial charge is 0.339 e. The number of anilines is 1. The van der Waals surface area contributed by atoms with E-state index in [4.69, 9.17) is 9.26 Å². The molecule has 0 saturated heterocycles. The Morgan fingerprint density at radius 2 is 1.68 bits per heavy atom. The third-order valence-corrected chi connectivity index (χ3v) is 7.41. The normalized spacial score (nSPS) is 16.3. The van der Waals surface area contributed by atoms with E-state index < -0.39 is 19.0 Å². The molecule has 0 saturated carbocycles. The number of carboxylic acid groups (broad SMARTS) is 1. The first kappa shape index (κ1) is 21.0. The molecule has 1 N–H and O–H groups in total. The summed E-state index contributed by atoms with van der Waals surface area (Å²) in [5.41, 5.74) is 2.87. The zero-order valence-corrected chi connectivity index (χ0v) is 18.7. The second-order valence-electron chi connectivity index (χ2n) is 7.96. The Hall–Kier alpha value is -3.24. The summed E-state index contributed by atoms with van der Waals surface area (Å²) in [5.74, 6) is 0.208. The molecule has 1 aliphatic rings. The van der Waals surface area contributed by atoms with Gasteiger partial charge in [0.1, 0.15) is 28.5 Å². The lowest BCUT2D eigenvalue weighted by Gasteiger charge is -2.33. The molecule has 6 nitrogen and oxygen atoms in total. The van der Waals surface area contributed by atoms with Gasteiger partial charge in [-0.15, -0.1) is 0 Å². The van der Waals surface area contributed by atoms with Gasteiger partial charge in [0.2, 0.25) is 0 Å². The van der Waals surface area contributed by atoms with Crippen molar-refractivity contribution < 1.29 is 23.7 Å². The summed E-state index contributed by atoms with van der Waals surface area (Å²) in [6.07, 6.45) is 0. The van der Waals surface area contributed by atoms with Crippen molar-refractivity contribution in [1.29, 1.82) is 0 Å². The molecule has 0 aliphatic carbocycles. The molecule has 31 heavy (non-hydrogen) atoms. The second-order valence-corrected chi connectivity index (χ2v) is 10.5. The van der Waals surface area contributed by atoms with Crippen molar-refractivity contribution in [2.24, 2.45) is 0 Å². The zero-order valence-electron chi connectivity index (χ0n) is 17.8. The highest BCUT2D eigenvalue weighted by atomic mass is 31.2. The minimum atomic E-state index is -3.43. The lowest BCUT2D eigenvalue weighted by Crippen LogP contribution is -2.15. The summed E-state index contributed by atoms with van der Waals surface area (Å²) in [5, 5.41) is 9.51. The van der Waals surface area contributed by atoms with Gasteiger partial charge in [-0.3, -0.25) is 4.57 Å². The average Bonchev–Trinajstić information content (AvgIpc) is 2.71. The summed E-state index contributed by atoms with van der Waals surface area (Å²) < 4.78 is 26.2. The molecule has 3 aromatic rings. The highest BCUT2D eigenvalue weighted by molar-refractivity contribution is 7.59. The number of aromatic carboxylic acids is 1. The van der Waals surface area contributed by atoms with Crippen molar-refractivity contribution in [2.45, 2.75) is 12.6 Å². The fraction of sp³-hybridized carbons (Fsp3) is 0.208. The zero-order chi connectivity index (χ0) is 22.3. The third-order valence-electron chi connectivity index (χ3n) is 5.36. The number of fused-ring (bicyclic) bond motifs is 2. The van der Waals surface area contributed by atoms with Crippen LogP contribution in [0.1, 0.15) is 32.7 Å². The van der Waals surface area contributed by atoms with E-state index in [9.17, 15) is 14.5 Å². The monoisotopic (exact) mass is 437 g/mol. The molecular formula is C24H24NO5P. The van der Waals surface area contributed by atoms with Gasteiger partial charge in [-0.2, -0.15) is 0 Å². The lowest BCUT2D eigenvalue weighted by molar-refractivity contribution is 0.0695. The SMILES string of the molecule is Cc1ccc2c(c1)Oc1cc(N(C)C)ccc1C2P(C)(=O)Oc1ccccc1C(=O)O. The number of hydrogen-bond donors (Lipinski definition) is 1. The van der Waals surface area contributed by atoms with E-state index in [1.54, 1.807) is 18.8 Å². The molecule has 2 atom stereocenters. The molecule has 3 aromatic carbocycles. The maximum Gasteiger partial charge on any atom is 0.339 e. The molecule has 1 heterocycles. The van der Waals surface area contributed by atoms with Crippen molar-refractivity contribution in [1.82, 2.24) is 0 Å². The Bertz CT molecular complexity index is 1220. The first-order chi connectivity index (χ1) is 14.7. The molecule has 0 fully saturated rings. The van der Waals surface area contributed by atoms with Gasteiger partial charge in [0, 0.05) is 43.6 Å². The summed E-state index contributed by atoms with van der Waals surface area (Å²) in [4.78, 5) is 13.6. The predicted molar refractivity (Wildman–Crippen MR) is 121 cm³/mol. The minimum Gasteiger partial charge on any atom is -0.478 e. The highest BCUT2D eigenvalue weighted by Gasteiger charge is 2.41. The minimum absolute atomic E-state index is 0.0241. The Morgan fingerprint density at radius 1 is 1.03 bits per heavy atom. The Morgan fingerprint density at radius 3 is 2.35 bits per heavy atom. The van der Waals surface area contributed by atoms with Crippen LogP contribution in [0.5, 0.6) is 17.2 Å². The largest absolute Gasteiger partial charge is 0.478 e. The van der Waals surface area contributed by atoms with Crippen molar-refractivity contribution in [2.75, 3.05) is 25.7 Å². The number of benzene rings is 3. The van der Waals surface area contributed by atoms with Gasteiger partial charge in [-0.05, 0) is 36.8 Å². The first-order valence-electron chi connectivity index (χ1n) is 9.86. The maximum atomic E-state index is 14.1. The van der Waals surface area contributed by atoms with Gasteiger partial charge in [-0.1, -0.05) is 30.3 Å². The van der Waals surface area contributed by atoms with E-state index in [-0.39, 0.29) is 11.3 Å². The molecule has 2 unspecified atom stereocenters. The standard InChI is InChI=1S/C24H24NO5P/c1-15-9-11-17-21(13-15)29-22-14-16(25(2)3)10-12-18(22)23(17)31(4,28)30-20-8-6-5-7-19(20)24(26)27/h5-14,23H,1-4H3,(H,26,27). The van der Waals surface area contributed by atoms with Crippen LogP contribution in [0.15, 0.2) is 60.7 Å². The van der Waals surface area contributed by atoms with Crippen LogP contribution in [0.4, 0.5) is 5.69 Å². The first-order valence-corrected chi connectivity index (χ1v) is 12.0. The number of para-hydroxylation sites is 1. The molecule has 0 radical (unpaired) electrons. The summed E-state index contributed by atoms with van der Waals surface area (Å²) in [6, 6.07) is 17.8. The maximum absolute atomic E-state index is 14.1. The van der Waals surface area contributed by atoms with E-state index in [1.165, 1.54) is 12.1 Å². The lowest BCUT2D eigenvalue weighted by atomic mass is 9.98. The molecule has 160 valence electrons. The van der Waals surface area contributed by atoms with E-state index in [0.717, 1.165) is 22.4 Å². The topological polar surface area (TPSA) is 76.1 Å².